The number of halogens is 1. The summed E-state index contributed by atoms with van der Waals surface area (Å²) in [6.07, 6.45) is 0. The first kappa shape index (κ1) is 12.0. The van der Waals surface area contributed by atoms with E-state index < -0.39 is 0 Å². The summed E-state index contributed by atoms with van der Waals surface area (Å²) in [5.41, 5.74) is 0.956. The zero-order valence-electron chi connectivity index (χ0n) is 9.74. The number of fused-ring (bicyclic) bond motifs is 1. The Labute approximate surface area is 118 Å². The summed E-state index contributed by atoms with van der Waals surface area (Å²) in [4.78, 5) is 7.17. The van der Waals surface area contributed by atoms with Gasteiger partial charge in [-0.05, 0) is 31.2 Å². The van der Waals surface area contributed by atoms with E-state index in [9.17, 15) is 0 Å². The van der Waals surface area contributed by atoms with Crippen LogP contribution in [0.1, 0.15) is 9.75 Å². The van der Waals surface area contributed by atoms with Crippen molar-refractivity contribution in [3.8, 4) is 0 Å². The summed E-state index contributed by atoms with van der Waals surface area (Å²) in [5.74, 6) is 0. The third-order valence-corrected chi connectivity index (χ3v) is 5.07. The van der Waals surface area contributed by atoms with Crippen LogP contribution in [0.25, 0.3) is 10.2 Å². The molecule has 18 heavy (non-hydrogen) atoms. The molecule has 0 aliphatic carbocycles. The van der Waals surface area contributed by atoms with E-state index in [1.165, 1.54) is 9.75 Å². The number of anilines is 1. The lowest BCUT2D eigenvalue weighted by Crippen LogP contribution is -1.95. The maximum absolute atomic E-state index is 6.14. The summed E-state index contributed by atoms with van der Waals surface area (Å²) in [7, 11) is 0. The molecule has 2 heterocycles. The van der Waals surface area contributed by atoms with Gasteiger partial charge in [-0.15, -0.1) is 11.3 Å². The Kier molecular flexibility index (Phi) is 3.24. The first-order valence-corrected chi connectivity index (χ1v) is 7.58. The number of rotatable bonds is 3. The molecule has 0 radical (unpaired) electrons. The molecule has 92 valence electrons. The Morgan fingerprint density at radius 1 is 1.22 bits per heavy atom. The van der Waals surface area contributed by atoms with Crippen molar-refractivity contribution in [2.45, 2.75) is 13.5 Å². The molecule has 0 unspecified atom stereocenters. The van der Waals surface area contributed by atoms with Crippen LogP contribution in [0.2, 0.25) is 5.02 Å². The van der Waals surface area contributed by atoms with Gasteiger partial charge in [0.25, 0.3) is 0 Å². The summed E-state index contributed by atoms with van der Waals surface area (Å²) < 4.78 is 1.05. The van der Waals surface area contributed by atoms with Gasteiger partial charge >= 0.3 is 0 Å². The predicted octanol–water partition coefficient (Wildman–Crippen LogP) is 4.93. The molecule has 5 heteroatoms. The number of aromatic nitrogens is 1. The average Bonchev–Trinajstić information content (AvgIpc) is 2.93. The van der Waals surface area contributed by atoms with Crippen LogP contribution in [0.4, 0.5) is 5.13 Å². The predicted molar refractivity (Wildman–Crippen MR) is 81.0 cm³/mol. The van der Waals surface area contributed by atoms with Crippen molar-refractivity contribution in [3.63, 3.8) is 0 Å². The number of hydrogen-bond donors (Lipinski definition) is 1. The Morgan fingerprint density at radius 2 is 2.11 bits per heavy atom. The lowest BCUT2D eigenvalue weighted by Gasteiger charge is -1.98. The van der Waals surface area contributed by atoms with E-state index >= 15 is 0 Å². The fourth-order valence-electron chi connectivity index (χ4n) is 1.73. The third kappa shape index (κ3) is 2.36. The van der Waals surface area contributed by atoms with Gasteiger partial charge in [0.2, 0.25) is 0 Å². The maximum Gasteiger partial charge on any atom is 0.184 e. The Morgan fingerprint density at radius 3 is 2.83 bits per heavy atom. The van der Waals surface area contributed by atoms with E-state index in [2.05, 4.69) is 29.4 Å². The van der Waals surface area contributed by atoms with E-state index in [1.807, 2.05) is 18.2 Å². The average molecular weight is 295 g/mol. The lowest BCUT2D eigenvalue weighted by atomic mass is 10.3. The van der Waals surface area contributed by atoms with Crippen LogP contribution >= 0.6 is 34.3 Å². The van der Waals surface area contributed by atoms with Crippen LogP contribution in [0.15, 0.2) is 30.3 Å². The molecule has 1 N–H and O–H groups in total. The second-order valence-corrected chi connectivity index (χ2v) is 6.75. The Hall–Kier alpha value is -1.10. The third-order valence-electron chi connectivity index (χ3n) is 2.58. The van der Waals surface area contributed by atoms with Crippen molar-refractivity contribution >= 4 is 49.6 Å². The van der Waals surface area contributed by atoms with E-state index in [1.54, 1.807) is 22.7 Å². The first-order valence-electron chi connectivity index (χ1n) is 5.56. The summed E-state index contributed by atoms with van der Waals surface area (Å²) in [5, 5.41) is 5.04. The zero-order valence-corrected chi connectivity index (χ0v) is 12.1. The lowest BCUT2D eigenvalue weighted by molar-refractivity contribution is 1.18. The van der Waals surface area contributed by atoms with E-state index in [0.29, 0.717) is 0 Å². The number of benzene rings is 1. The SMILES string of the molecule is Cc1ccc(CNc2nc3cccc(Cl)c3s2)s1. The monoisotopic (exact) mass is 294 g/mol. The summed E-state index contributed by atoms with van der Waals surface area (Å²) in [6.45, 7) is 2.93. The molecule has 0 amide bonds. The van der Waals surface area contributed by atoms with Crippen molar-refractivity contribution in [2.24, 2.45) is 0 Å². The number of thiophene rings is 1. The van der Waals surface area contributed by atoms with Crippen LogP contribution in [0, 0.1) is 6.92 Å². The largest absolute Gasteiger partial charge is 0.357 e. The van der Waals surface area contributed by atoms with E-state index in [-0.39, 0.29) is 0 Å². The second kappa shape index (κ2) is 4.88. The van der Waals surface area contributed by atoms with Crippen LogP contribution in [-0.4, -0.2) is 4.98 Å². The van der Waals surface area contributed by atoms with Crippen molar-refractivity contribution in [3.05, 3.63) is 45.1 Å². The van der Waals surface area contributed by atoms with Gasteiger partial charge in [-0.3, -0.25) is 0 Å². The second-order valence-electron chi connectivity index (χ2n) is 3.97. The summed E-state index contributed by atoms with van der Waals surface area (Å²) in [6, 6.07) is 10.1. The van der Waals surface area contributed by atoms with Gasteiger partial charge in [-0.2, -0.15) is 0 Å². The first-order chi connectivity index (χ1) is 8.72. The van der Waals surface area contributed by atoms with Crippen molar-refractivity contribution in [1.82, 2.24) is 4.98 Å². The molecule has 2 nitrogen and oxygen atoms in total. The molecule has 3 aromatic rings. The quantitative estimate of drug-likeness (QED) is 0.741. The van der Waals surface area contributed by atoms with Gasteiger partial charge in [0, 0.05) is 9.75 Å². The molecule has 0 atom stereocenters. The molecule has 0 fully saturated rings. The van der Waals surface area contributed by atoms with Crippen LogP contribution in [0.3, 0.4) is 0 Å². The van der Waals surface area contributed by atoms with Crippen molar-refractivity contribution in [1.29, 1.82) is 0 Å². The number of thiazole rings is 1. The van der Waals surface area contributed by atoms with Gasteiger partial charge in [-0.25, -0.2) is 4.98 Å². The molecule has 3 rings (SSSR count). The minimum atomic E-state index is 0.769. The highest BCUT2D eigenvalue weighted by Crippen LogP contribution is 2.32. The number of nitrogens with zero attached hydrogens (tertiary/aromatic N) is 1. The Bertz CT molecular complexity index is 687. The smallest absolute Gasteiger partial charge is 0.184 e. The summed E-state index contributed by atoms with van der Waals surface area (Å²) >= 11 is 9.54. The molecule has 0 saturated carbocycles. The van der Waals surface area contributed by atoms with Gasteiger partial charge in [0.05, 0.1) is 21.8 Å². The highest BCUT2D eigenvalue weighted by atomic mass is 35.5. The Balaban J connectivity index is 1.81. The maximum atomic E-state index is 6.14. The highest BCUT2D eigenvalue weighted by Gasteiger charge is 2.06. The van der Waals surface area contributed by atoms with Crippen LogP contribution in [0.5, 0.6) is 0 Å². The van der Waals surface area contributed by atoms with Crippen LogP contribution in [-0.2, 0) is 6.54 Å². The number of nitrogens with one attached hydrogen (secondary N) is 1. The molecule has 2 aromatic heterocycles. The highest BCUT2D eigenvalue weighted by molar-refractivity contribution is 7.22. The fraction of sp³-hybridized carbons (Fsp3) is 0.154. The molecular weight excluding hydrogens is 284 g/mol. The molecule has 0 spiro atoms. The minimum absolute atomic E-state index is 0.769. The molecule has 0 bridgehead atoms. The molecular formula is C13H11ClN2S2. The van der Waals surface area contributed by atoms with Gasteiger partial charge < -0.3 is 5.32 Å². The van der Waals surface area contributed by atoms with Crippen molar-refractivity contribution < 1.29 is 0 Å². The van der Waals surface area contributed by atoms with Gasteiger partial charge in [0.1, 0.15) is 0 Å². The number of aryl methyl sites for hydroxylation is 1. The minimum Gasteiger partial charge on any atom is -0.357 e. The van der Waals surface area contributed by atoms with Crippen molar-refractivity contribution in [2.75, 3.05) is 5.32 Å². The van der Waals surface area contributed by atoms with E-state index in [0.717, 1.165) is 26.9 Å². The normalized spacial score (nSPS) is 11.0. The standard InChI is InChI=1S/C13H11ClN2S2/c1-8-5-6-9(17-8)7-15-13-16-11-4-2-3-10(14)12(11)18-13/h2-6H,7H2,1H3,(H,15,16). The van der Waals surface area contributed by atoms with Crippen LogP contribution < -0.4 is 5.32 Å². The zero-order chi connectivity index (χ0) is 12.5. The number of hydrogen-bond acceptors (Lipinski definition) is 4. The topological polar surface area (TPSA) is 24.9 Å². The fourth-order valence-corrected chi connectivity index (χ4v) is 3.71. The molecule has 0 aliphatic heterocycles. The van der Waals surface area contributed by atoms with Gasteiger partial charge in [-0.1, -0.05) is 29.0 Å². The molecule has 0 saturated heterocycles. The molecule has 0 aliphatic rings. The molecule has 1 aromatic carbocycles. The van der Waals surface area contributed by atoms with E-state index in [4.69, 9.17) is 11.6 Å². The van der Waals surface area contributed by atoms with Gasteiger partial charge in [0.15, 0.2) is 5.13 Å².